The molecule has 1 unspecified atom stereocenters. The zero-order valence-corrected chi connectivity index (χ0v) is 16.3. The molecule has 14 heteroatoms. The number of phosphoric ester groups is 1. The minimum Gasteiger partial charge on any atom is -1.00 e. The van der Waals surface area contributed by atoms with E-state index in [1.54, 1.807) is 0 Å². The maximum atomic E-state index is 10.8. The number of aliphatic carboxylic acids is 2. The number of carboxylic acids is 2. The third-order valence-corrected chi connectivity index (χ3v) is 1.94. The number of carbonyl (C=O) groups is 3. The van der Waals surface area contributed by atoms with Crippen molar-refractivity contribution >= 4 is 38.1 Å². The van der Waals surface area contributed by atoms with Gasteiger partial charge in [-0.2, -0.15) is 0 Å². The average molecular weight is 357 g/mol. The molecule has 0 spiro atoms. The molecule has 0 aromatic heterocycles. The first-order valence-corrected chi connectivity index (χ1v) is 5.45. The van der Waals surface area contributed by atoms with E-state index < -0.39 is 44.2 Å². The van der Waals surface area contributed by atoms with Gasteiger partial charge in [-0.05, 0) is 0 Å². The van der Waals surface area contributed by atoms with Crippen molar-refractivity contribution in [2.24, 2.45) is 0 Å². The smallest absolute Gasteiger partial charge is 1.00 e. The largest absolute Gasteiger partial charge is 1.00 e. The fraction of sp³-hybridized carbons (Fsp3) is 0.500. The normalized spacial score (nSPS) is 12.6. The van der Waals surface area contributed by atoms with Gasteiger partial charge in [-0.1, -0.05) is 0 Å². The van der Waals surface area contributed by atoms with Gasteiger partial charge in [0.05, 0.1) is 12.8 Å². The third kappa shape index (κ3) is 12.5. The van der Waals surface area contributed by atoms with E-state index in [9.17, 15) is 24.1 Å². The first kappa shape index (κ1) is 28.9. The SMILES string of the molecule is Cl.O=C(O)CC(O)(CC(=O)OP(=O)(O)O)C(=O)O.[H-].[H-].[Na+].[Na+]. The van der Waals surface area contributed by atoms with Crippen LogP contribution in [-0.2, 0) is 23.5 Å². The van der Waals surface area contributed by atoms with Crippen LogP contribution in [0.1, 0.15) is 15.7 Å². The molecule has 1 atom stereocenters. The number of carbonyl (C=O) groups excluding carboxylic acids is 1. The van der Waals surface area contributed by atoms with E-state index in [1.165, 1.54) is 0 Å². The number of phosphoric acid groups is 1. The number of rotatable bonds is 6. The molecule has 0 aliphatic rings. The Morgan fingerprint density at radius 1 is 1.10 bits per heavy atom. The van der Waals surface area contributed by atoms with E-state index in [-0.39, 0.29) is 74.4 Å². The Labute approximate surface area is 166 Å². The van der Waals surface area contributed by atoms with Crippen molar-refractivity contribution in [3.63, 3.8) is 0 Å². The molecule has 0 aromatic rings. The monoisotopic (exact) mass is 356 g/mol. The predicted molar refractivity (Wildman–Crippen MR) is 57.1 cm³/mol. The number of aliphatic hydroxyl groups is 1. The van der Waals surface area contributed by atoms with Crippen molar-refractivity contribution < 1.29 is 111 Å². The maximum Gasteiger partial charge on any atom is 1.00 e. The van der Waals surface area contributed by atoms with Crippen LogP contribution in [0, 0.1) is 0 Å². The summed E-state index contributed by atoms with van der Waals surface area (Å²) in [4.78, 5) is 48.1. The van der Waals surface area contributed by atoms with Crippen LogP contribution in [0.25, 0.3) is 0 Å². The first-order chi connectivity index (χ1) is 7.46. The Morgan fingerprint density at radius 3 is 1.75 bits per heavy atom. The number of hydrogen-bond acceptors (Lipinski definition) is 6. The molecule has 110 valence electrons. The second-order valence-corrected chi connectivity index (χ2v) is 4.20. The van der Waals surface area contributed by atoms with Crippen LogP contribution in [-0.4, -0.2) is 48.6 Å². The summed E-state index contributed by atoms with van der Waals surface area (Å²) in [6.07, 6.45) is -2.72. The summed E-state index contributed by atoms with van der Waals surface area (Å²) in [6, 6.07) is 0. The molecular formula is C6H12ClNa2O10P. The van der Waals surface area contributed by atoms with Crippen LogP contribution in [0.4, 0.5) is 0 Å². The van der Waals surface area contributed by atoms with Crippen LogP contribution < -0.4 is 59.1 Å². The second-order valence-electron chi connectivity index (χ2n) is 3.04. The van der Waals surface area contributed by atoms with Crippen LogP contribution in [0.3, 0.4) is 0 Å². The van der Waals surface area contributed by atoms with Crippen molar-refractivity contribution in [2.75, 3.05) is 0 Å². The molecule has 0 rings (SSSR count). The van der Waals surface area contributed by atoms with Crippen molar-refractivity contribution in [3.8, 4) is 0 Å². The Bertz CT molecular complexity index is 407. The Balaban J connectivity index is -0.000000128. The molecule has 20 heavy (non-hydrogen) atoms. The summed E-state index contributed by atoms with van der Waals surface area (Å²) in [7, 11) is -5.17. The van der Waals surface area contributed by atoms with Crippen molar-refractivity contribution in [1.29, 1.82) is 0 Å². The summed E-state index contributed by atoms with van der Waals surface area (Å²) in [5.41, 5.74) is -2.99. The van der Waals surface area contributed by atoms with Gasteiger partial charge in [0.1, 0.15) is 0 Å². The van der Waals surface area contributed by atoms with E-state index >= 15 is 0 Å². The first-order valence-electron chi connectivity index (χ1n) is 3.92. The van der Waals surface area contributed by atoms with Crippen molar-refractivity contribution in [1.82, 2.24) is 0 Å². The third-order valence-electron chi connectivity index (χ3n) is 1.50. The van der Waals surface area contributed by atoms with Crippen LogP contribution >= 0.6 is 20.2 Å². The standard InChI is InChI=1S/C6H9O10P.ClH.2Na.2H/c7-3(8)1-6(12,5(10)11)2-4(9)16-17(13,14)15;;;;;/h12H,1-2H2,(H,7,8)(H,10,11)(H2,13,14,15);1H;;;;/q;;2*+1;2*-1. The molecule has 0 heterocycles. The summed E-state index contributed by atoms with van der Waals surface area (Å²) in [5.74, 6) is -5.47. The van der Waals surface area contributed by atoms with Gasteiger partial charge in [0.15, 0.2) is 5.60 Å². The second kappa shape index (κ2) is 11.4. The van der Waals surface area contributed by atoms with Gasteiger partial charge in [-0.3, -0.25) is 19.4 Å². The summed E-state index contributed by atoms with van der Waals surface area (Å²) < 4.78 is 13.7. The minimum atomic E-state index is -5.17. The van der Waals surface area contributed by atoms with E-state index in [4.69, 9.17) is 20.0 Å². The summed E-state index contributed by atoms with van der Waals surface area (Å²) in [5, 5.41) is 26.1. The number of halogens is 1. The summed E-state index contributed by atoms with van der Waals surface area (Å²) >= 11 is 0. The van der Waals surface area contributed by atoms with Gasteiger partial charge in [-0.15, -0.1) is 12.4 Å². The molecule has 0 aromatic carbocycles. The Hall–Kier alpha value is 0.810. The molecule has 0 saturated heterocycles. The van der Waals surface area contributed by atoms with Crippen LogP contribution in [0.5, 0.6) is 0 Å². The molecule has 0 bridgehead atoms. The molecule has 0 radical (unpaired) electrons. The van der Waals surface area contributed by atoms with E-state index in [1.807, 2.05) is 0 Å². The Kier molecular flexibility index (Phi) is 16.5. The van der Waals surface area contributed by atoms with Gasteiger partial charge in [0.25, 0.3) is 0 Å². The Morgan fingerprint density at radius 2 is 1.50 bits per heavy atom. The van der Waals surface area contributed by atoms with Crippen LogP contribution in [0.2, 0.25) is 0 Å². The topological polar surface area (TPSA) is 179 Å². The molecule has 10 nitrogen and oxygen atoms in total. The van der Waals surface area contributed by atoms with Gasteiger partial charge in [0.2, 0.25) is 0 Å². The van der Waals surface area contributed by atoms with Gasteiger partial charge in [-0.25, -0.2) is 9.36 Å². The molecule has 0 fully saturated rings. The van der Waals surface area contributed by atoms with Gasteiger partial charge in [0, 0.05) is 0 Å². The minimum absolute atomic E-state index is 0. The van der Waals surface area contributed by atoms with E-state index in [0.29, 0.717) is 0 Å². The predicted octanol–water partition coefficient (Wildman–Crippen LogP) is -7.04. The quantitative estimate of drug-likeness (QED) is 0.227. The van der Waals surface area contributed by atoms with Gasteiger partial charge < -0.3 is 22.7 Å². The zero-order chi connectivity index (χ0) is 13.9. The van der Waals surface area contributed by atoms with E-state index in [2.05, 4.69) is 4.52 Å². The number of hydrogen-bond donors (Lipinski definition) is 5. The summed E-state index contributed by atoms with van der Waals surface area (Å²) in [6.45, 7) is 0. The maximum absolute atomic E-state index is 10.8. The van der Waals surface area contributed by atoms with Crippen molar-refractivity contribution in [2.45, 2.75) is 18.4 Å². The van der Waals surface area contributed by atoms with Crippen LogP contribution in [0.15, 0.2) is 0 Å². The molecule has 0 saturated carbocycles. The number of carboxylic acid groups (broad SMARTS) is 2. The fourth-order valence-corrected chi connectivity index (χ4v) is 1.20. The zero-order valence-electron chi connectivity index (χ0n) is 12.5. The van der Waals surface area contributed by atoms with E-state index in [0.717, 1.165) is 0 Å². The van der Waals surface area contributed by atoms with Crippen molar-refractivity contribution in [3.05, 3.63) is 0 Å². The molecule has 0 aliphatic carbocycles. The molecule has 0 amide bonds. The molecule has 0 aliphatic heterocycles. The molecule has 5 N–H and O–H groups in total. The average Bonchev–Trinajstić information content (AvgIpc) is 1.96. The van der Waals surface area contributed by atoms with Gasteiger partial charge >= 0.3 is 84.8 Å². The fourth-order valence-electron chi connectivity index (χ4n) is 0.868. The molecular weight excluding hydrogens is 344 g/mol.